The van der Waals surface area contributed by atoms with Crippen molar-refractivity contribution in [2.45, 2.75) is 39.5 Å². The molecular weight excluding hydrogens is 401 g/mol. The predicted molar refractivity (Wildman–Crippen MR) is 104 cm³/mol. The number of rotatable bonds is 10. The topological polar surface area (TPSA) is 50.7 Å². The summed E-state index contributed by atoms with van der Waals surface area (Å²) in [6.07, 6.45) is 0.852. The maximum absolute atomic E-state index is 13.0. The Labute approximate surface area is 162 Å². The highest BCUT2D eigenvalue weighted by molar-refractivity contribution is 9.10. The fourth-order valence-corrected chi connectivity index (χ4v) is 2.89. The highest BCUT2D eigenvalue weighted by Crippen LogP contribution is 2.34. The third-order valence-corrected chi connectivity index (χ3v) is 4.75. The van der Waals surface area contributed by atoms with E-state index in [4.69, 9.17) is 9.47 Å². The monoisotopic (exact) mass is 425 g/mol. The molecule has 0 aliphatic carbocycles. The lowest BCUT2D eigenvalue weighted by atomic mass is 10.1. The second-order valence-corrected chi connectivity index (χ2v) is 6.76. The van der Waals surface area contributed by atoms with E-state index in [1.165, 1.54) is 12.1 Å². The van der Waals surface area contributed by atoms with Crippen LogP contribution in [0.2, 0.25) is 0 Å². The Bertz CT molecular complexity index is 690. The number of aliphatic hydroxyl groups is 1. The molecule has 2 rings (SSSR count). The van der Waals surface area contributed by atoms with Crippen molar-refractivity contribution in [3.05, 3.63) is 57.8 Å². The van der Waals surface area contributed by atoms with Crippen molar-refractivity contribution in [3.8, 4) is 11.5 Å². The summed E-state index contributed by atoms with van der Waals surface area (Å²) in [5, 5.41) is 12.6. The molecule has 142 valence electrons. The Morgan fingerprint density at radius 3 is 2.42 bits per heavy atom. The molecule has 0 radical (unpaired) electrons. The molecule has 0 fully saturated rings. The molecule has 2 aromatic rings. The molecule has 4 nitrogen and oxygen atoms in total. The largest absolute Gasteiger partial charge is 0.490 e. The molecule has 2 N–H and O–H groups in total. The van der Waals surface area contributed by atoms with Crippen LogP contribution in [0.4, 0.5) is 4.39 Å². The Kier molecular flexibility index (Phi) is 8.35. The molecule has 26 heavy (non-hydrogen) atoms. The number of benzene rings is 2. The standard InChI is InChI=1S/C20H25BrFNO3/c1-3-17(12-24)23-11-15-9-19(25-4-2)20(10-18(15)21)26-13-14-5-7-16(22)8-6-14/h5-10,17,23-24H,3-4,11-13H2,1-2H3. The summed E-state index contributed by atoms with van der Waals surface area (Å²) < 4.78 is 25.5. The minimum atomic E-state index is -0.267. The Morgan fingerprint density at radius 1 is 1.12 bits per heavy atom. The van der Waals surface area contributed by atoms with E-state index in [9.17, 15) is 9.50 Å². The highest BCUT2D eigenvalue weighted by atomic mass is 79.9. The van der Waals surface area contributed by atoms with Crippen molar-refractivity contribution >= 4 is 15.9 Å². The second-order valence-electron chi connectivity index (χ2n) is 5.91. The van der Waals surface area contributed by atoms with Gasteiger partial charge in [-0.2, -0.15) is 0 Å². The summed E-state index contributed by atoms with van der Waals surface area (Å²) >= 11 is 3.57. The molecule has 0 heterocycles. The third-order valence-electron chi connectivity index (χ3n) is 4.01. The molecule has 2 aromatic carbocycles. The van der Waals surface area contributed by atoms with Crippen LogP contribution in [0.5, 0.6) is 11.5 Å². The summed E-state index contributed by atoms with van der Waals surface area (Å²) in [5.74, 6) is 1.02. The normalized spacial score (nSPS) is 12.0. The van der Waals surface area contributed by atoms with E-state index in [0.717, 1.165) is 22.0 Å². The van der Waals surface area contributed by atoms with Gasteiger partial charge in [-0.05, 0) is 48.7 Å². The number of halogens is 2. The van der Waals surface area contributed by atoms with Crippen molar-refractivity contribution in [2.24, 2.45) is 0 Å². The molecule has 0 saturated heterocycles. The molecular formula is C20H25BrFNO3. The van der Waals surface area contributed by atoms with Crippen LogP contribution >= 0.6 is 15.9 Å². The zero-order valence-corrected chi connectivity index (χ0v) is 16.7. The van der Waals surface area contributed by atoms with Gasteiger partial charge in [-0.3, -0.25) is 0 Å². The van der Waals surface area contributed by atoms with Gasteiger partial charge < -0.3 is 19.9 Å². The summed E-state index contributed by atoms with van der Waals surface area (Å²) in [7, 11) is 0. The lowest BCUT2D eigenvalue weighted by Crippen LogP contribution is -2.31. The zero-order valence-electron chi connectivity index (χ0n) is 15.1. The van der Waals surface area contributed by atoms with E-state index in [1.807, 2.05) is 26.0 Å². The van der Waals surface area contributed by atoms with Crippen LogP contribution in [0.3, 0.4) is 0 Å². The minimum Gasteiger partial charge on any atom is -0.490 e. The van der Waals surface area contributed by atoms with E-state index in [1.54, 1.807) is 12.1 Å². The van der Waals surface area contributed by atoms with Crippen molar-refractivity contribution in [2.75, 3.05) is 13.2 Å². The first-order valence-electron chi connectivity index (χ1n) is 8.74. The van der Waals surface area contributed by atoms with E-state index < -0.39 is 0 Å². The highest BCUT2D eigenvalue weighted by Gasteiger charge is 2.13. The quantitative estimate of drug-likeness (QED) is 0.591. The summed E-state index contributed by atoms with van der Waals surface area (Å²) in [4.78, 5) is 0. The SMILES string of the molecule is CCOc1cc(CNC(CC)CO)c(Br)cc1OCc1ccc(F)cc1. The van der Waals surface area contributed by atoms with Gasteiger partial charge in [-0.1, -0.05) is 35.0 Å². The van der Waals surface area contributed by atoms with Crippen molar-refractivity contribution < 1.29 is 19.0 Å². The van der Waals surface area contributed by atoms with E-state index in [2.05, 4.69) is 21.2 Å². The van der Waals surface area contributed by atoms with Gasteiger partial charge in [-0.25, -0.2) is 4.39 Å². The number of ether oxygens (including phenoxy) is 2. The number of nitrogens with one attached hydrogen (secondary N) is 1. The Morgan fingerprint density at radius 2 is 1.81 bits per heavy atom. The molecule has 0 spiro atoms. The summed E-state index contributed by atoms with van der Waals surface area (Å²) in [6, 6.07) is 10.1. The first kappa shape index (κ1) is 20.7. The second kappa shape index (κ2) is 10.5. The zero-order chi connectivity index (χ0) is 18.9. The fraction of sp³-hybridized carbons (Fsp3) is 0.400. The van der Waals surface area contributed by atoms with Gasteiger partial charge in [0, 0.05) is 17.1 Å². The summed E-state index contributed by atoms with van der Waals surface area (Å²) in [6.45, 7) is 5.51. The lowest BCUT2D eigenvalue weighted by molar-refractivity contribution is 0.238. The van der Waals surface area contributed by atoms with Crippen molar-refractivity contribution in [1.29, 1.82) is 0 Å². The van der Waals surface area contributed by atoms with Crippen LogP contribution in [0, 0.1) is 5.82 Å². The number of hydrogen-bond acceptors (Lipinski definition) is 4. The van der Waals surface area contributed by atoms with Gasteiger partial charge in [0.1, 0.15) is 12.4 Å². The van der Waals surface area contributed by atoms with Crippen LogP contribution in [-0.2, 0) is 13.2 Å². The van der Waals surface area contributed by atoms with E-state index in [0.29, 0.717) is 31.3 Å². The molecule has 0 amide bonds. The maximum Gasteiger partial charge on any atom is 0.162 e. The molecule has 6 heteroatoms. The van der Waals surface area contributed by atoms with Gasteiger partial charge in [0.05, 0.1) is 13.2 Å². The van der Waals surface area contributed by atoms with Crippen molar-refractivity contribution in [3.63, 3.8) is 0 Å². The smallest absolute Gasteiger partial charge is 0.162 e. The van der Waals surface area contributed by atoms with E-state index in [-0.39, 0.29) is 18.5 Å². The van der Waals surface area contributed by atoms with Gasteiger partial charge in [-0.15, -0.1) is 0 Å². The van der Waals surface area contributed by atoms with Gasteiger partial charge in [0.25, 0.3) is 0 Å². The average molecular weight is 426 g/mol. The molecule has 0 bridgehead atoms. The fourth-order valence-electron chi connectivity index (χ4n) is 2.43. The van der Waals surface area contributed by atoms with Crippen LogP contribution in [-0.4, -0.2) is 24.4 Å². The Balaban J connectivity index is 2.12. The lowest BCUT2D eigenvalue weighted by Gasteiger charge is -2.18. The van der Waals surface area contributed by atoms with Crippen molar-refractivity contribution in [1.82, 2.24) is 5.32 Å². The van der Waals surface area contributed by atoms with Gasteiger partial charge in [0.15, 0.2) is 11.5 Å². The predicted octanol–water partition coefficient (Wildman–Crippen LogP) is 4.43. The number of hydrogen-bond donors (Lipinski definition) is 2. The van der Waals surface area contributed by atoms with Crippen LogP contribution in [0.15, 0.2) is 40.9 Å². The molecule has 1 unspecified atom stereocenters. The van der Waals surface area contributed by atoms with Crippen LogP contribution < -0.4 is 14.8 Å². The molecule has 0 saturated carbocycles. The molecule has 0 aliphatic heterocycles. The summed E-state index contributed by atoms with van der Waals surface area (Å²) in [5.41, 5.74) is 1.90. The van der Waals surface area contributed by atoms with Gasteiger partial charge in [0.2, 0.25) is 0 Å². The van der Waals surface area contributed by atoms with Crippen LogP contribution in [0.25, 0.3) is 0 Å². The third kappa shape index (κ3) is 5.97. The van der Waals surface area contributed by atoms with Crippen LogP contribution in [0.1, 0.15) is 31.4 Å². The minimum absolute atomic E-state index is 0.0619. The maximum atomic E-state index is 13.0. The first-order chi connectivity index (χ1) is 12.6. The first-order valence-corrected chi connectivity index (χ1v) is 9.53. The van der Waals surface area contributed by atoms with Gasteiger partial charge >= 0.3 is 0 Å². The molecule has 0 aromatic heterocycles. The van der Waals surface area contributed by atoms with E-state index >= 15 is 0 Å². The molecule has 0 aliphatic rings. The Hall–Kier alpha value is -1.63. The average Bonchev–Trinajstić information content (AvgIpc) is 2.65. The molecule has 1 atom stereocenters. The number of aliphatic hydroxyl groups excluding tert-OH is 1.